The minimum Gasteiger partial charge on any atom is -0.485 e. The third kappa shape index (κ3) is 5.00. The van der Waals surface area contributed by atoms with Crippen LogP contribution in [0.4, 0.5) is 8.78 Å². The molecule has 3 N–H and O–H groups in total. The summed E-state index contributed by atoms with van der Waals surface area (Å²) in [6.45, 7) is 3.81. The van der Waals surface area contributed by atoms with E-state index >= 15 is 0 Å². The molecule has 0 spiro atoms. The van der Waals surface area contributed by atoms with E-state index in [0.29, 0.717) is 29.3 Å². The van der Waals surface area contributed by atoms with E-state index in [1.54, 1.807) is 23.6 Å². The van der Waals surface area contributed by atoms with E-state index in [1.165, 1.54) is 24.6 Å². The van der Waals surface area contributed by atoms with Crippen molar-refractivity contribution in [2.75, 3.05) is 6.54 Å². The maximum atomic E-state index is 14.0. The molecule has 2 heterocycles. The lowest BCUT2D eigenvalue weighted by atomic mass is 9.80. The zero-order chi connectivity index (χ0) is 23.6. The van der Waals surface area contributed by atoms with Crippen molar-refractivity contribution in [1.82, 2.24) is 14.7 Å². The van der Waals surface area contributed by atoms with Crippen LogP contribution in [-0.2, 0) is 6.61 Å². The van der Waals surface area contributed by atoms with Gasteiger partial charge in [-0.1, -0.05) is 25.3 Å². The predicted molar refractivity (Wildman–Crippen MR) is 122 cm³/mol. The van der Waals surface area contributed by atoms with Gasteiger partial charge < -0.3 is 15.8 Å². The minimum absolute atomic E-state index is 0.156. The van der Waals surface area contributed by atoms with Crippen molar-refractivity contribution in [2.24, 2.45) is 5.73 Å². The molecule has 6 nitrogen and oxygen atoms in total. The third-order valence-electron chi connectivity index (χ3n) is 6.40. The van der Waals surface area contributed by atoms with Crippen molar-refractivity contribution >= 4 is 11.6 Å². The summed E-state index contributed by atoms with van der Waals surface area (Å²) in [7, 11) is 0. The van der Waals surface area contributed by atoms with E-state index in [2.05, 4.69) is 10.3 Å². The van der Waals surface area contributed by atoms with Crippen LogP contribution in [-0.4, -0.2) is 27.4 Å². The van der Waals surface area contributed by atoms with Crippen LogP contribution in [0.25, 0.3) is 5.65 Å². The summed E-state index contributed by atoms with van der Waals surface area (Å²) in [5, 5.41) is 2.98. The SMILES string of the molecule is Cc1cc(OCc2c(F)cccc2F)c2nc(C)c(C(=O)NCCC3(N)CCCCC3)n2c1. The fourth-order valence-electron chi connectivity index (χ4n) is 4.57. The Kier molecular flexibility index (Phi) is 6.65. The lowest BCUT2D eigenvalue weighted by Crippen LogP contribution is -2.44. The molecule has 3 aromatic rings. The zero-order valence-corrected chi connectivity index (χ0v) is 19.1. The van der Waals surface area contributed by atoms with Gasteiger partial charge in [0, 0.05) is 18.3 Å². The molecule has 2 aromatic heterocycles. The molecule has 1 saturated carbocycles. The Morgan fingerprint density at radius 2 is 1.91 bits per heavy atom. The van der Waals surface area contributed by atoms with Crippen molar-refractivity contribution in [3.05, 3.63) is 64.6 Å². The summed E-state index contributed by atoms with van der Waals surface area (Å²) in [6.07, 6.45) is 7.99. The number of hydrogen-bond acceptors (Lipinski definition) is 4. The van der Waals surface area contributed by atoms with Gasteiger partial charge in [-0.3, -0.25) is 9.20 Å². The number of amides is 1. The number of nitrogens with zero attached hydrogens (tertiary/aromatic N) is 2. The number of imidazole rings is 1. The molecule has 0 atom stereocenters. The molecule has 1 aromatic carbocycles. The maximum absolute atomic E-state index is 14.0. The standard InChI is InChI=1S/C25H30F2N4O2/c1-16-13-21(33-15-18-19(26)7-6-8-20(18)27)23-30-17(2)22(31(23)14-16)24(32)29-12-11-25(28)9-4-3-5-10-25/h6-8,13-14H,3-5,9-12,15,28H2,1-2H3,(H,29,32). The average Bonchev–Trinajstić information content (AvgIpc) is 3.09. The number of pyridine rings is 1. The van der Waals surface area contributed by atoms with Crippen LogP contribution in [0.15, 0.2) is 30.5 Å². The number of nitrogens with two attached hydrogens (primary N) is 1. The predicted octanol–water partition coefficient (Wildman–Crippen LogP) is 4.59. The summed E-state index contributed by atoms with van der Waals surface area (Å²) in [5.74, 6) is -1.23. The molecule has 0 aliphatic heterocycles. The van der Waals surface area contributed by atoms with Crippen molar-refractivity contribution in [3.8, 4) is 5.75 Å². The van der Waals surface area contributed by atoms with Gasteiger partial charge in [0.2, 0.25) is 0 Å². The lowest BCUT2D eigenvalue weighted by molar-refractivity contribution is 0.0942. The van der Waals surface area contributed by atoms with E-state index in [0.717, 1.165) is 37.7 Å². The molecule has 8 heteroatoms. The second kappa shape index (κ2) is 9.47. The Hall–Kier alpha value is -3.00. The molecule has 0 unspecified atom stereocenters. The van der Waals surface area contributed by atoms with Crippen LogP contribution in [0, 0.1) is 25.5 Å². The first-order valence-corrected chi connectivity index (χ1v) is 11.4. The number of aromatic nitrogens is 2. The molecular formula is C25H30F2N4O2. The fraction of sp³-hybridized carbons (Fsp3) is 0.440. The lowest BCUT2D eigenvalue weighted by Gasteiger charge is -2.33. The van der Waals surface area contributed by atoms with E-state index in [9.17, 15) is 13.6 Å². The summed E-state index contributed by atoms with van der Waals surface area (Å²) in [5.41, 5.74) is 8.31. The quantitative estimate of drug-likeness (QED) is 0.545. The van der Waals surface area contributed by atoms with E-state index in [4.69, 9.17) is 10.5 Å². The Morgan fingerprint density at radius 3 is 2.61 bits per heavy atom. The Balaban J connectivity index is 1.53. The number of fused-ring (bicyclic) bond motifs is 1. The molecule has 0 bridgehead atoms. The topological polar surface area (TPSA) is 81.6 Å². The Labute approximate surface area is 192 Å². The molecule has 4 rings (SSSR count). The van der Waals surface area contributed by atoms with Crippen molar-refractivity contribution < 1.29 is 18.3 Å². The number of rotatable bonds is 7. The molecule has 1 aliphatic carbocycles. The number of halogens is 2. The van der Waals surface area contributed by atoms with Crippen molar-refractivity contribution in [2.45, 2.75) is 64.5 Å². The van der Waals surface area contributed by atoms with Crippen LogP contribution < -0.4 is 15.8 Å². The smallest absolute Gasteiger partial charge is 0.270 e. The van der Waals surface area contributed by atoms with Gasteiger partial charge in [0.15, 0.2) is 11.4 Å². The fourth-order valence-corrected chi connectivity index (χ4v) is 4.57. The molecule has 176 valence electrons. The van der Waals surface area contributed by atoms with E-state index < -0.39 is 11.6 Å². The highest BCUT2D eigenvalue weighted by Gasteiger charge is 2.27. The van der Waals surface area contributed by atoms with Gasteiger partial charge in [-0.15, -0.1) is 0 Å². The van der Waals surface area contributed by atoms with Gasteiger partial charge >= 0.3 is 0 Å². The number of nitrogens with one attached hydrogen (secondary N) is 1. The van der Waals surface area contributed by atoms with Gasteiger partial charge in [-0.25, -0.2) is 13.8 Å². The molecule has 1 amide bonds. The molecule has 1 aliphatic rings. The number of ether oxygens (including phenoxy) is 1. The minimum atomic E-state index is -0.672. The first-order chi connectivity index (χ1) is 15.8. The monoisotopic (exact) mass is 456 g/mol. The van der Waals surface area contributed by atoms with E-state index in [1.807, 2.05) is 6.92 Å². The summed E-state index contributed by atoms with van der Waals surface area (Å²) in [4.78, 5) is 17.5. The number of carbonyl (C=O) groups excluding carboxylic acids is 1. The van der Waals surface area contributed by atoms with Gasteiger partial charge in [-0.2, -0.15) is 0 Å². The number of benzene rings is 1. The number of carbonyl (C=O) groups is 1. The number of aryl methyl sites for hydroxylation is 2. The molecule has 33 heavy (non-hydrogen) atoms. The average molecular weight is 457 g/mol. The van der Waals surface area contributed by atoms with Gasteiger partial charge in [0.1, 0.15) is 23.9 Å². The molecule has 0 radical (unpaired) electrons. The Bertz CT molecular complexity index is 1150. The van der Waals surface area contributed by atoms with Crippen molar-refractivity contribution in [3.63, 3.8) is 0 Å². The second-order valence-electron chi connectivity index (χ2n) is 9.04. The largest absolute Gasteiger partial charge is 0.485 e. The summed E-state index contributed by atoms with van der Waals surface area (Å²) < 4.78 is 35.4. The highest BCUT2D eigenvalue weighted by atomic mass is 19.1. The summed E-state index contributed by atoms with van der Waals surface area (Å²) in [6, 6.07) is 5.43. The molecule has 1 fully saturated rings. The number of hydrogen-bond donors (Lipinski definition) is 2. The van der Waals surface area contributed by atoms with Crippen LogP contribution in [0.2, 0.25) is 0 Å². The van der Waals surface area contributed by atoms with Gasteiger partial charge in [0.05, 0.1) is 11.3 Å². The van der Waals surface area contributed by atoms with E-state index in [-0.39, 0.29) is 23.6 Å². The normalized spacial score (nSPS) is 15.5. The van der Waals surface area contributed by atoms with Crippen LogP contribution >= 0.6 is 0 Å². The Morgan fingerprint density at radius 1 is 1.21 bits per heavy atom. The van der Waals surface area contributed by atoms with Crippen LogP contribution in [0.3, 0.4) is 0 Å². The van der Waals surface area contributed by atoms with Gasteiger partial charge in [0.25, 0.3) is 5.91 Å². The van der Waals surface area contributed by atoms with Crippen molar-refractivity contribution in [1.29, 1.82) is 0 Å². The second-order valence-corrected chi connectivity index (χ2v) is 9.04. The first kappa shape index (κ1) is 23.2. The highest BCUT2D eigenvalue weighted by molar-refractivity contribution is 5.95. The molecule has 0 saturated heterocycles. The van der Waals surface area contributed by atoms with Crippen LogP contribution in [0.5, 0.6) is 5.75 Å². The third-order valence-corrected chi connectivity index (χ3v) is 6.40. The highest BCUT2D eigenvalue weighted by Crippen LogP contribution is 2.29. The zero-order valence-electron chi connectivity index (χ0n) is 19.1. The summed E-state index contributed by atoms with van der Waals surface area (Å²) >= 11 is 0. The first-order valence-electron chi connectivity index (χ1n) is 11.4. The maximum Gasteiger partial charge on any atom is 0.270 e. The van der Waals surface area contributed by atoms with Crippen LogP contribution in [0.1, 0.15) is 65.8 Å². The molecular weight excluding hydrogens is 426 g/mol. The van der Waals surface area contributed by atoms with Gasteiger partial charge in [-0.05, 0) is 56.9 Å².